The number of anilines is 1. The van der Waals surface area contributed by atoms with Crippen molar-refractivity contribution >= 4 is 17.5 Å². The van der Waals surface area contributed by atoms with Crippen LogP contribution in [-0.4, -0.2) is 60.4 Å². The first-order valence-corrected chi connectivity index (χ1v) is 8.09. The van der Waals surface area contributed by atoms with Gasteiger partial charge in [-0.05, 0) is 18.6 Å². The van der Waals surface area contributed by atoms with E-state index in [0.717, 1.165) is 32.6 Å². The lowest BCUT2D eigenvalue weighted by molar-refractivity contribution is -0.139. The second-order valence-corrected chi connectivity index (χ2v) is 5.96. The Labute approximate surface area is 131 Å². The average Bonchev–Trinajstić information content (AvgIpc) is 2.84. The molecule has 2 amide bonds. The summed E-state index contributed by atoms with van der Waals surface area (Å²) in [6, 6.07) is 10.1. The van der Waals surface area contributed by atoms with E-state index in [4.69, 9.17) is 0 Å². The molecule has 5 nitrogen and oxygen atoms in total. The number of amides is 2. The maximum absolute atomic E-state index is 12.4. The summed E-state index contributed by atoms with van der Waals surface area (Å²) in [4.78, 5) is 30.3. The highest BCUT2D eigenvalue weighted by Crippen LogP contribution is 2.22. The van der Waals surface area contributed by atoms with Gasteiger partial charge in [-0.1, -0.05) is 25.1 Å². The maximum atomic E-state index is 12.4. The zero-order chi connectivity index (χ0) is 15.5. The topological polar surface area (TPSA) is 43.9 Å². The lowest BCUT2D eigenvalue weighted by Crippen LogP contribution is -2.52. The van der Waals surface area contributed by atoms with Crippen molar-refractivity contribution in [2.45, 2.75) is 25.8 Å². The lowest BCUT2D eigenvalue weighted by Gasteiger charge is -2.38. The molecule has 2 fully saturated rings. The Morgan fingerprint density at radius 3 is 2.36 bits per heavy atom. The number of nitrogens with zero attached hydrogens (tertiary/aromatic N) is 3. The minimum atomic E-state index is -0.239. The van der Waals surface area contributed by atoms with Crippen LogP contribution in [0.3, 0.4) is 0 Å². The van der Waals surface area contributed by atoms with Crippen LogP contribution in [0.15, 0.2) is 30.3 Å². The number of hydrogen-bond donors (Lipinski definition) is 0. The molecule has 2 saturated heterocycles. The van der Waals surface area contributed by atoms with E-state index in [2.05, 4.69) is 21.9 Å². The molecule has 0 N–H and O–H groups in total. The standard InChI is InChI=1S/C17H23N3O2/c1-2-8-20-16(21)13-15(17(20)22)19-11-9-18(10-12-19)14-6-4-3-5-7-14/h3-7,15H,2,8-13H2,1H3. The fourth-order valence-electron chi connectivity index (χ4n) is 3.34. The Balaban J connectivity index is 1.60. The van der Waals surface area contributed by atoms with Crippen LogP contribution in [0.25, 0.3) is 0 Å². The van der Waals surface area contributed by atoms with Crippen molar-refractivity contribution in [3.8, 4) is 0 Å². The molecule has 0 radical (unpaired) electrons. The molecule has 5 heteroatoms. The van der Waals surface area contributed by atoms with Crippen molar-refractivity contribution in [1.29, 1.82) is 0 Å². The zero-order valence-electron chi connectivity index (χ0n) is 13.1. The van der Waals surface area contributed by atoms with E-state index in [1.165, 1.54) is 10.6 Å². The van der Waals surface area contributed by atoms with Crippen LogP contribution in [0.4, 0.5) is 5.69 Å². The molecule has 0 aromatic heterocycles. The van der Waals surface area contributed by atoms with Gasteiger partial charge >= 0.3 is 0 Å². The molecule has 2 heterocycles. The molecule has 1 unspecified atom stereocenters. The van der Waals surface area contributed by atoms with Crippen LogP contribution in [0.2, 0.25) is 0 Å². The second-order valence-electron chi connectivity index (χ2n) is 5.96. The predicted octanol–water partition coefficient (Wildman–Crippen LogP) is 1.35. The van der Waals surface area contributed by atoms with Gasteiger partial charge < -0.3 is 4.90 Å². The first-order chi connectivity index (χ1) is 10.7. The van der Waals surface area contributed by atoms with Gasteiger partial charge in [0.1, 0.15) is 0 Å². The van der Waals surface area contributed by atoms with Crippen LogP contribution in [0, 0.1) is 0 Å². The SMILES string of the molecule is CCCN1C(=O)CC(N2CCN(c3ccccc3)CC2)C1=O. The summed E-state index contributed by atoms with van der Waals surface area (Å²) in [6.45, 7) is 6.01. The Bertz CT molecular complexity index is 538. The third-order valence-corrected chi connectivity index (χ3v) is 4.54. The molecule has 1 atom stereocenters. The minimum absolute atomic E-state index is 0.0000103. The molecule has 2 aliphatic heterocycles. The van der Waals surface area contributed by atoms with Gasteiger partial charge in [0.05, 0.1) is 12.5 Å². The molecule has 1 aromatic rings. The smallest absolute Gasteiger partial charge is 0.247 e. The molecule has 2 aliphatic rings. The molecule has 0 bridgehead atoms. The fraction of sp³-hybridized carbons (Fsp3) is 0.529. The molecule has 3 rings (SSSR count). The number of carbonyl (C=O) groups excluding carboxylic acids is 2. The van der Waals surface area contributed by atoms with Gasteiger partial charge in [0, 0.05) is 38.4 Å². The summed E-state index contributed by atoms with van der Waals surface area (Å²) >= 11 is 0. The molecule has 22 heavy (non-hydrogen) atoms. The quantitative estimate of drug-likeness (QED) is 0.787. The summed E-state index contributed by atoms with van der Waals surface area (Å²) < 4.78 is 0. The first kappa shape index (κ1) is 15.0. The van der Waals surface area contributed by atoms with Crippen molar-refractivity contribution in [1.82, 2.24) is 9.80 Å². The predicted molar refractivity (Wildman–Crippen MR) is 85.6 cm³/mol. The summed E-state index contributed by atoms with van der Waals surface area (Å²) in [5.41, 5.74) is 1.23. The van der Waals surface area contributed by atoms with Crippen molar-refractivity contribution in [2.24, 2.45) is 0 Å². The Morgan fingerprint density at radius 1 is 1.05 bits per heavy atom. The number of carbonyl (C=O) groups is 2. The van der Waals surface area contributed by atoms with Gasteiger partial charge in [0.25, 0.3) is 0 Å². The normalized spacial score (nSPS) is 23.4. The van der Waals surface area contributed by atoms with Gasteiger partial charge in [0.2, 0.25) is 11.8 Å². The van der Waals surface area contributed by atoms with Crippen molar-refractivity contribution in [3.63, 3.8) is 0 Å². The highest BCUT2D eigenvalue weighted by atomic mass is 16.2. The highest BCUT2D eigenvalue weighted by Gasteiger charge is 2.41. The summed E-state index contributed by atoms with van der Waals surface area (Å²) in [6.07, 6.45) is 1.18. The fourth-order valence-corrected chi connectivity index (χ4v) is 3.34. The van der Waals surface area contributed by atoms with Crippen LogP contribution >= 0.6 is 0 Å². The first-order valence-electron chi connectivity index (χ1n) is 8.09. The van der Waals surface area contributed by atoms with E-state index in [9.17, 15) is 9.59 Å². The summed E-state index contributed by atoms with van der Waals surface area (Å²) in [7, 11) is 0. The highest BCUT2D eigenvalue weighted by molar-refractivity contribution is 6.05. The number of piperazine rings is 1. The molecule has 0 saturated carbocycles. The van der Waals surface area contributed by atoms with Crippen LogP contribution in [-0.2, 0) is 9.59 Å². The number of imide groups is 1. The van der Waals surface area contributed by atoms with E-state index in [1.54, 1.807) is 0 Å². The third kappa shape index (κ3) is 2.86. The van der Waals surface area contributed by atoms with Crippen molar-refractivity contribution in [3.05, 3.63) is 30.3 Å². The number of para-hydroxylation sites is 1. The average molecular weight is 301 g/mol. The monoisotopic (exact) mass is 301 g/mol. The van der Waals surface area contributed by atoms with E-state index >= 15 is 0 Å². The maximum Gasteiger partial charge on any atom is 0.247 e. The van der Waals surface area contributed by atoms with Gasteiger partial charge in [-0.3, -0.25) is 19.4 Å². The third-order valence-electron chi connectivity index (χ3n) is 4.54. The Kier molecular flexibility index (Phi) is 4.43. The molecular weight excluding hydrogens is 278 g/mol. The van der Waals surface area contributed by atoms with E-state index in [0.29, 0.717) is 13.0 Å². The van der Waals surface area contributed by atoms with Crippen LogP contribution in [0.1, 0.15) is 19.8 Å². The zero-order valence-corrected chi connectivity index (χ0v) is 13.1. The van der Waals surface area contributed by atoms with Gasteiger partial charge in [-0.15, -0.1) is 0 Å². The van der Waals surface area contributed by atoms with E-state index in [1.807, 2.05) is 25.1 Å². The van der Waals surface area contributed by atoms with Gasteiger partial charge in [-0.25, -0.2) is 0 Å². The summed E-state index contributed by atoms with van der Waals surface area (Å²) in [5, 5.41) is 0. The Morgan fingerprint density at radius 2 is 1.73 bits per heavy atom. The van der Waals surface area contributed by atoms with Crippen LogP contribution < -0.4 is 4.90 Å². The summed E-state index contributed by atoms with van der Waals surface area (Å²) in [5.74, 6) is -0.0117. The van der Waals surface area contributed by atoms with Crippen molar-refractivity contribution in [2.75, 3.05) is 37.6 Å². The second kappa shape index (κ2) is 6.48. The largest absolute Gasteiger partial charge is 0.369 e. The number of rotatable bonds is 4. The van der Waals surface area contributed by atoms with Gasteiger partial charge in [0.15, 0.2) is 0 Å². The number of likely N-dealkylation sites (tertiary alicyclic amines) is 1. The molecule has 0 aliphatic carbocycles. The van der Waals surface area contributed by atoms with Gasteiger partial charge in [-0.2, -0.15) is 0 Å². The molecule has 0 spiro atoms. The molecular formula is C17H23N3O2. The Hall–Kier alpha value is -1.88. The van der Waals surface area contributed by atoms with Crippen molar-refractivity contribution < 1.29 is 9.59 Å². The van der Waals surface area contributed by atoms with E-state index < -0.39 is 0 Å². The molecule has 118 valence electrons. The lowest BCUT2D eigenvalue weighted by atomic mass is 10.1. The number of benzene rings is 1. The molecule has 1 aromatic carbocycles. The van der Waals surface area contributed by atoms with E-state index in [-0.39, 0.29) is 17.9 Å². The number of hydrogen-bond acceptors (Lipinski definition) is 4. The van der Waals surface area contributed by atoms with Crippen LogP contribution in [0.5, 0.6) is 0 Å². The minimum Gasteiger partial charge on any atom is -0.369 e.